The van der Waals surface area contributed by atoms with E-state index in [2.05, 4.69) is 30.3 Å². The van der Waals surface area contributed by atoms with E-state index >= 15 is 0 Å². The molecule has 0 atom stereocenters. The van der Waals surface area contributed by atoms with Gasteiger partial charge in [-0.2, -0.15) is 4.98 Å². The van der Waals surface area contributed by atoms with Gasteiger partial charge in [-0.05, 0) is 37.1 Å². The standard InChI is InChI=1S/C16H18N6O/c1-12-11-14(21-23-12)19-16-18-9-5-15(20-16)22(2)10-6-13-3-7-17-8-4-13/h3-5,7-9,11H,6,10H2,1-2H3,(H,18,19,20,21). The summed E-state index contributed by atoms with van der Waals surface area (Å²) < 4.78 is 5.02. The van der Waals surface area contributed by atoms with Gasteiger partial charge in [0.25, 0.3) is 0 Å². The van der Waals surface area contributed by atoms with E-state index in [0.717, 1.165) is 24.5 Å². The fourth-order valence-corrected chi connectivity index (χ4v) is 2.12. The van der Waals surface area contributed by atoms with Crippen LogP contribution in [-0.4, -0.2) is 33.7 Å². The van der Waals surface area contributed by atoms with Crippen molar-refractivity contribution in [2.75, 3.05) is 23.8 Å². The van der Waals surface area contributed by atoms with Crippen molar-refractivity contribution in [3.8, 4) is 0 Å². The normalized spacial score (nSPS) is 10.5. The van der Waals surface area contributed by atoms with E-state index in [-0.39, 0.29) is 0 Å². The molecule has 0 radical (unpaired) electrons. The molecule has 0 aromatic carbocycles. The van der Waals surface area contributed by atoms with Gasteiger partial charge in [0, 0.05) is 38.2 Å². The molecule has 7 heteroatoms. The van der Waals surface area contributed by atoms with Crippen molar-refractivity contribution >= 4 is 17.6 Å². The van der Waals surface area contributed by atoms with Crippen LogP contribution in [-0.2, 0) is 6.42 Å². The van der Waals surface area contributed by atoms with Gasteiger partial charge in [-0.3, -0.25) is 4.98 Å². The average Bonchev–Trinajstić information content (AvgIpc) is 2.99. The molecule has 0 amide bonds. The summed E-state index contributed by atoms with van der Waals surface area (Å²) in [5.74, 6) is 2.67. The molecule has 0 saturated heterocycles. The summed E-state index contributed by atoms with van der Waals surface area (Å²) in [6.07, 6.45) is 6.26. The number of anilines is 3. The zero-order chi connectivity index (χ0) is 16.1. The third-order valence-corrected chi connectivity index (χ3v) is 3.39. The van der Waals surface area contributed by atoms with E-state index < -0.39 is 0 Å². The minimum Gasteiger partial charge on any atom is -0.360 e. The molecule has 3 aromatic rings. The van der Waals surface area contributed by atoms with Crippen molar-refractivity contribution in [3.63, 3.8) is 0 Å². The second-order valence-electron chi connectivity index (χ2n) is 5.21. The molecule has 7 nitrogen and oxygen atoms in total. The second-order valence-corrected chi connectivity index (χ2v) is 5.21. The number of aromatic nitrogens is 4. The van der Waals surface area contributed by atoms with Crippen LogP contribution in [0.2, 0.25) is 0 Å². The van der Waals surface area contributed by atoms with Gasteiger partial charge in [0.1, 0.15) is 11.6 Å². The molecule has 0 unspecified atom stereocenters. The molecule has 3 heterocycles. The lowest BCUT2D eigenvalue weighted by Gasteiger charge is -2.18. The highest BCUT2D eigenvalue weighted by Gasteiger charge is 2.07. The lowest BCUT2D eigenvalue weighted by atomic mass is 10.2. The fourth-order valence-electron chi connectivity index (χ4n) is 2.12. The molecule has 23 heavy (non-hydrogen) atoms. The highest BCUT2D eigenvalue weighted by atomic mass is 16.5. The summed E-state index contributed by atoms with van der Waals surface area (Å²) in [6, 6.07) is 7.72. The van der Waals surface area contributed by atoms with Crippen LogP contribution in [0.15, 0.2) is 47.4 Å². The number of aryl methyl sites for hydroxylation is 1. The molecular formula is C16H18N6O. The molecule has 0 fully saturated rings. The first kappa shape index (κ1) is 15.0. The van der Waals surface area contributed by atoms with Crippen LogP contribution in [0, 0.1) is 6.92 Å². The first-order valence-electron chi connectivity index (χ1n) is 7.34. The topological polar surface area (TPSA) is 80.0 Å². The Kier molecular flexibility index (Phi) is 4.46. The number of rotatable bonds is 6. The quantitative estimate of drug-likeness (QED) is 0.749. The lowest BCUT2D eigenvalue weighted by Crippen LogP contribution is -2.21. The number of hydrogen-bond acceptors (Lipinski definition) is 7. The van der Waals surface area contributed by atoms with Gasteiger partial charge >= 0.3 is 0 Å². The zero-order valence-corrected chi connectivity index (χ0v) is 13.1. The van der Waals surface area contributed by atoms with E-state index in [1.54, 1.807) is 12.3 Å². The molecule has 3 rings (SSSR count). The Morgan fingerprint density at radius 2 is 2.00 bits per heavy atom. The van der Waals surface area contributed by atoms with Crippen LogP contribution in [0.5, 0.6) is 0 Å². The third kappa shape index (κ3) is 4.03. The number of nitrogens with one attached hydrogen (secondary N) is 1. The summed E-state index contributed by atoms with van der Waals surface area (Å²) in [5, 5.41) is 6.91. The van der Waals surface area contributed by atoms with E-state index in [1.165, 1.54) is 5.56 Å². The Bertz CT molecular complexity index is 758. The molecule has 3 aromatic heterocycles. The highest BCUT2D eigenvalue weighted by Crippen LogP contribution is 2.15. The Balaban J connectivity index is 1.64. The van der Waals surface area contributed by atoms with Crippen LogP contribution in [0.4, 0.5) is 17.6 Å². The molecule has 0 spiro atoms. The predicted molar refractivity (Wildman–Crippen MR) is 87.8 cm³/mol. The molecule has 0 aliphatic carbocycles. The molecular weight excluding hydrogens is 292 g/mol. The number of likely N-dealkylation sites (N-methyl/N-ethyl adjacent to an activating group) is 1. The van der Waals surface area contributed by atoms with Crippen molar-refractivity contribution in [2.24, 2.45) is 0 Å². The third-order valence-electron chi connectivity index (χ3n) is 3.39. The SMILES string of the molecule is Cc1cc(Nc2nccc(N(C)CCc3ccncc3)n2)no1. The van der Waals surface area contributed by atoms with Gasteiger partial charge in [-0.1, -0.05) is 5.16 Å². The van der Waals surface area contributed by atoms with Gasteiger partial charge in [-0.15, -0.1) is 0 Å². The number of pyridine rings is 1. The maximum atomic E-state index is 5.02. The zero-order valence-electron chi connectivity index (χ0n) is 13.1. The van der Waals surface area contributed by atoms with Crippen molar-refractivity contribution in [3.05, 3.63) is 54.2 Å². The lowest BCUT2D eigenvalue weighted by molar-refractivity contribution is 0.400. The van der Waals surface area contributed by atoms with Gasteiger partial charge in [-0.25, -0.2) is 4.98 Å². The summed E-state index contributed by atoms with van der Waals surface area (Å²) in [4.78, 5) is 14.8. The largest absolute Gasteiger partial charge is 0.360 e. The second kappa shape index (κ2) is 6.87. The molecule has 1 N–H and O–H groups in total. The monoisotopic (exact) mass is 310 g/mol. The summed E-state index contributed by atoms with van der Waals surface area (Å²) in [7, 11) is 2.01. The summed E-state index contributed by atoms with van der Waals surface area (Å²) >= 11 is 0. The van der Waals surface area contributed by atoms with Crippen LogP contribution >= 0.6 is 0 Å². The first-order valence-corrected chi connectivity index (χ1v) is 7.34. The maximum absolute atomic E-state index is 5.02. The minimum atomic E-state index is 0.492. The van der Waals surface area contributed by atoms with E-state index in [0.29, 0.717) is 11.8 Å². The van der Waals surface area contributed by atoms with Crippen LogP contribution in [0.25, 0.3) is 0 Å². The molecule has 0 bridgehead atoms. The van der Waals surface area contributed by atoms with Crippen molar-refractivity contribution in [2.45, 2.75) is 13.3 Å². The Labute approximate surface area is 134 Å². The predicted octanol–water partition coefficient (Wildman–Crippen LogP) is 2.59. The van der Waals surface area contributed by atoms with Gasteiger partial charge < -0.3 is 14.7 Å². The van der Waals surface area contributed by atoms with E-state index in [1.807, 2.05) is 44.6 Å². The minimum absolute atomic E-state index is 0.492. The summed E-state index contributed by atoms with van der Waals surface area (Å²) in [6.45, 7) is 2.69. The Morgan fingerprint density at radius 3 is 2.74 bits per heavy atom. The smallest absolute Gasteiger partial charge is 0.230 e. The average molecular weight is 310 g/mol. The summed E-state index contributed by atoms with van der Waals surface area (Å²) in [5.41, 5.74) is 1.25. The van der Waals surface area contributed by atoms with Crippen LogP contribution in [0.3, 0.4) is 0 Å². The van der Waals surface area contributed by atoms with Crippen LogP contribution in [0.1, 0.15) is 11.3 Å². The fraction of sp³-hybridized carbons (Fsp3) is 0.250. The Hall–Kier alpha value is -2.96. The number of nitrogens with zero attached hydrogens (tertiary/aromatic N) is 5. The van der Waals surface area contributed by atoms with Crippen molar-refractivity contribution in [1.82, 2.24) is 20.1 Å². The van der Waals surface area contributed by atoms with Gasteiger partial charge in [0.2, 0.25) is 5.95 Å². The first-order chi connectivity index (χ1) is 11.2. The van der Waals surface area contributed by atoms with E-state index in [4.69, 9.17) is 4.52 Å². The highest BCUT2D eigenvalue weighted by molar-refractivity contribution is 5.50. The van der Waals surface area contributed by atoms with E-state index in [9.17, 15) is 0 Å². The van der Waals surface area contributed by atoms with Crippen LogP contribution < -0.4 is 10.2 Å². The van der Waals surface area contributed by atoms with Gasteiger partial charge in [0.05, 0.1) is 0 Å². The molecule has 118 valence electrons. The maximum Gasteiger partial charge on any atom is 0.230 e. The number of hydrogen-bond donors (Lipinski definition) is 1. The molecule has 0 aliphatic rings. The molecule has 0 aliphatic heterocycles. The Morgan fingerprint density at radius 1 is 1.17 bits per heavy atom. The molecule has 0 saturated carbocycles. The van der Waals surface area contributed by atoms with Crippen molar-refractivity contribution in [1.29, 1.82) is 0 Å². The van der Waals surface area contributed by atoms with Gasteiger partial charge in [0.15, 0.2) is 5.82 Å². The van der Waals surface area contributed by atoms with Crippen molar-refractivity contribution < 1.29 is 4.52 Å².